The Balaban J connectivity index is 1.74. The van der Waals surface area contributed by atoms with Crippen LogP contribution in [0.15, 0.2) is 24.3 Å². The number of piperidine rings is 1. The van der Waals surface area contributed by atoms with Gasteiger partial charge in [-0.3, -0.25) is 4.79 Å². The first-order chi connectivity index (χ1) is 11.6. The number of ether oxygens (including phenoxy) is 1. The van der Waals surface area contributed by atoms with Crippen LogP contribution in [-0.2, 0) is 16.0 Å². The first-order valence-electron chi connectivity index (χ1n) is 8.78. The van der Waals surface area contributed by atoms with Crippen molar-refractivity contribution in [3.63, 3.8) is 0 Å². The number of hydrogen-bond donors (Lipinski definition) is 0. The molecule has 0 aromatic heterocycles. The van der Waals surface area contributed by atoms with Crippen molar-refractivity contribution >= 4 is 17.5 Å². The molecule has 5 heteroatoms. The SMILES string of the molecule is COCCC(=O)N(C)C[C@@H]1CCCN(CCc2ccc(Cl)cc2)C1. The van der Waals surface area contributed by atoms with E-state index in [1.807, 2.05) is 24.1 Å². The van der Waals surface area contributed by atoms with E-state index in [1.54, 1.807) is 7.11 Å². The zero-order chi connectivity index (χ0) is 17.4. The first kappa shape index (κ1) is 19.2. The van der Waals surface area contributed by atoms with Crippen molar-refractivity contribution < 1.29 is 9.53 Å². The molecule has 134 valence electrons. The van der Waals surface area contributed by atoms with Crippen molar-refractivity contribution in [1.82, 2.24) is 9.80 Å². The van der Waals surface area contributed by atoms with Crippen LogP contribution in [0.5, 0.6) is 0 Å². The quantitative estimate of drug-likeness (QED) is 0.720. The Morgan fingerprint density at radius 3 is 2.83 bits per heavy atom. The minimum absolute atomic E-state index is 0.176. The molecule has 0 spiro atoms. The number of methoxy groups -OCH3 is 1. The largest absolute Gasteiger partial charge is 0.384 e. The van der Waals surface area contributed by atoms with Gasteiger partial charge in [0.25, 0.3) is 0 Å². The Morgan fingerprint density at radius 2 is 2.12 bits per heavy atom. The molecule has 0 saturated carbocycles. The smallest absolute Gasteiger partial charge is 0.224 e. The Morgan fingerprint density at radius 1 is 1.38 bits per heavy atom. The van der Waals surface area contributed by atoms with Crippen LogP contribution in [0.25, 0.3) is 0 Å². The molecule has 2 rings (SSSR count). The van der Waals surface area contributed by atoms with Gasteiger partial charge in [0.05, 0.1) is 13.0 Å². The van der Waals surface area contributed by atoms with E-state index in [0.717, 1.165) is 37.6 Å². The summed E-state index contributed by atoms with van der Waals surface area (Å²) in [6.45, 7) is 4.65. The molecule has 0 bridgehead atoms. The van der Waals surface area contributed by atoms with E-state index in [0.29, 0.717) is 18.9 Å². The summed E-state index contributed by atoms with van der Waals surface area (Å²) >= 11 is 5.93. The minimum atomic E-state index is 0.176. The van der Waals surface area contributed by atoms with Gasteiger partial charge in [-0.05, 0) is 49.4 Å². The first-order valence-corrected chi connectivity index (χ1v) is 9.16. The number of carbonyl (C=O) groups is 1. The Kier molecular flexibility index (Phi) is 8.03. The monoisotopic (exact) mass is 352 g/mol. The summed E-state index contributed by atoms with van der Waals surface area (Å²) in [4.78, 5) is 16.4. The van der Waals surface area contributed by atoms with Gasteiger partial charge in [-0.2, -0.15) is 0 Å². The van der Waals surface area contributed by atoms with Gasteiger partial charge in [-0.25, -0.2) is 0 Å². The molecule has 0 aliphatic carbocycles. The maximum absolute atomic E-state index is 12.0. The van der Waals surface area contributed by atoms with Crippen molar-refractivity contribution in [2.75, 3.05) is 46.9 Å². The van der Waals surface area contributed by atoms with Crippen LogP contribution < -0.4 is 0 Å². The molecule has 1 heterocycles. The summed E-state index contributed by atoms with van der Waals surface area (Å²) in [6, 6.07) is 8.12. The minimum Gasteiger partial charge on any atom is -0.384 e. The molecule has 1 aliphatic rings. The average molecular weight is 353 g/mol. The molecule has 0 unspecified atom stereocenters. The van der Waals surface area contributed by atoms with Crippen molar-refractivity contribution in [2.45, 2.75) is 25.7 Å². The number of benzene rings is 1. The molecule has 0 radical (unpaired) electrons. The summed E-state index contributed by atoms with van der Waals surface area (Å²) < 4.78 is 4.99. The third-order valence-corrected chi connectivity index (χ3v) is 4.96. The highest BCUT2D eigenvalue weighted by atomic mass is 35.5. The molecule has 1 aromatic carbocycles. The van der Waals surface area contributed by atoms with E-state index >= 15 is 0 Å². The highest BCUT2D eigenvalue weighted by molar-refractivity contribution is 6.30. The highest BCUT2D eigenvalue weighted by Gasteiger charge is 2.22. The van der Waals surface area contributed by atoms with E-state index in [9.17, 15) is 4.79 Å². The second kappa shape index (κ2) is 10.0. The number of rotatable bonds is 8. The van der Waals surface area contributed by atoms with Gasteiger partial charge in [-0.15, -0.1) is 0 Å². The Bertz CT molecular complexity index is 507. The van der Waals surface area contributed by atoms with Gasteiger partial charge in [0.15, 0.2) is 0 Å². The number of hydrogen-bond acceptors (Lipinski definition) is 3. The van der Waals surface area contributed by atoms with Crippen molar-refractivity contribution in [3.05, 3.63) is 34.9 Å². The van der Waals surface area contributed by atoms with Crippen LogP contribution in [0, 0.1) is 5.92 Å². The summed E-state index contributed by atoms with van der Waals surface area (Å²) in [7, 11) is 3.54. The lowest BCUT2D eigenvalue weighted by atomic mass is 9.97. The molecule has 1 amide bonds. The van der Waals surface area contributed by atoms with Crippen LogP contribution in [0.1, 0.15) is 24.8 Å². The van der Waals surface area contributed by atoms with Gasteiger partial charge in [0, 0.05) is 38.8 Å². The van der Waals surface area contributed by atoms with E-state index < -0.39 is 0 Å². The maximum Gasteiger partial charge on any atom is 0.224 e. The van der Waals surface area contributed by atoms with Crippen LogP contribution >= 0.6 is 11.6 Å². The number of carbonyl (C=O) groups excluding carboxylic acids is 1. The number of likely N-dealkylation sites (tertiary alicyclic amines) is 1. The molecule has 1 aromatic rings. The molecule has 24 heavy (non-hydrogen) atoms. The van der Waals surface area contributed by atoms with E-state index in [2.05, 4.69) is 17.0 Å². The molecule has 1 aliphatic heterocycles. The number of nitrogens with zero attached hydrogens (tertiary/aromatic N) is 2. The van der Waals surface area contributed by atoms with Gasteiger partial charge < -0.3 is 14.5 Å². The Labute approximate surface area is 150 Å². The standard InChI is InChI=1S/C19H29ClN2O2/c1-21(19(23)10-13-24-2)14-17-4-3-11-22(15-17)12-9-16-5-7-18(20)8-6-16/h5-8,17H,3-4,9-15H2,1-2H3/t17-/m0/s1. The second-order valence-electron chi connectivity index (χ2n) is 6.70. The normalized spacial score (nSPS) is 18.5. The van der Waals surface area contributed by atoms with E-state index in [1.165, 1.54) is 18.4 Å². The van der Waals surface area contributed by atoms with Crippen molar-refractivity contribution in [1.29, 1.82) is 0 Å². The predicted molar refractivity (Wildman–Crippen MR) is 98.5 cm³/mol. The van der Waals surface area contributed by atoms with Crippen molar-refractivity contribution in [3.8, 4) is 0 Å². The summed E-state index contributed by atoms with van der Waals surface area (Å²) in [5.41, 5.74) is 1.33. The topological polar surface area (TPSA) is 32.8 Å². The zero-order valence-corrected chi connectivity index (χ0v) is 15.6. The molecule has 1 saturated heterocycles. The highest BCUT2D eigenvalue weighted by Crippen LogP contribution is 2.18. The van der Waals surface area contributed by atoms with Crippen LogP contribution in [0.2, 0.25) is 5.02 Å². The fraction of sp³-hybridized carbons (Fsp3) is 0.632. The zero-order valence-electron chi connectivity index (χ0n) is 14.8. The number of halogens is 1. The predicted octanol–water partition coefficient (Wildman–Crippen LogP) is 3.09. The summed E-state index contributed by atoms with van der Waals surface area (Å²) in [5.74, 6) is 0.746. The second-order valence-corrected chi connectivity index (χ2v) is 7.14. The van der Waals surface area contributed by atoms with Gasteiger partial charge in [0.1, 0.15) is 0 Å². The lowest BCUT2D eigenvalue weighted by Gasteiger charge is -2.34. The lowest BCUT2D eigenvalue weighted by molar-refractivity contribution is -0.131. The van der Waals surface area contributed by atoms with Crippen molar-refractivity contribution in [2.24, 2.45) is 5.92 Å². The van der Waals surface area contributed by atoms with Gasteiger partial charge >= 0.3 is 0 Å². The lowest BCUT2D eigenvalue weighted by Crippen LogP contribution is -2.42. The van der Waals surface area contributed by atoms with Crippen LogP contribution in [0.3, 0.4) is 0 Å². The fourth-order valence-corrected chi connectivity index (χ4v) is 3.44. The Hall–Kier alpha value is -1.10. The van der Waals surface area contributed by atoms with E-state index in [-0.39, 0.29) is 5.91 Å². The molecule has 1 fully saturated rings. The van der Waals surface area contributed by atoms with Crippen LogP contribution in [0.4, 0.5) is 0 Å². The number of amides is 1. The molecular weight excluding hydrogens is 324 g/mol. The average Bonchev–Trinajstić information content (AvgIpc) is 2.59. The molecule has 1 atom stereocenters. The third kappa shape index (κ3) is 6.42. The van der Waals surface area contributed by atoms with Crippen LogP contribution in [-0.4, -0.2) is 62.7 Å². The third-order valence-electron chi connectivity index (χ3n) is 4.71. The molecule has 4 nitrogen and oxygen atoms in total. The fourth-order valence-electron chi connectivity index (χ4n) is 3.31. The molecular formula is C19H29ClN2O2. The summed E-state index contributed by atoms with van der Waals surface area (Å²) in [5, 5.41) is 0.790. The van der Waals surface area contributed by atoms with Gasteiger partial charge in [0.2, 0.25) is 5.91 Å². The molecule has 0 N–H and O–H groups in total. The van der Waals surface area contributed by atoms with E-state index in [4.69, 9.17) is 16.3 Å². The van der Waals surface area contributed by atoms with Gasteiger partial charge in [-0.1, -0.05) is 23.7 Å². The maximum atomic E-state index is 12.0. The summed E-state index contributed by atoms with van der Waals surface area (Å²) in [6.07, 6.45) is 3.94.